The fourth-order valence-electron chi connectivity index (χ4n) is 0.778. The number of halogens is 1. The van der Waals surface area contributed by atoms with Crippen molar-refractivity contribution in [1.82, 2.24) is 0 Å². The molecule has 3 N–H and O–H groups in total. The van der Waals surface area contributed by atoms with Gasteiger partial charge in [-0.3, -0.25) is 4.79 Å². The van der Waals surface area contributed by atoms with Crippen LogP contribution in [0.1, 0.15) is 6.92 Å². The standard InChI is InChI=1S/C9H12N2O.BrH/c1-7(10)9(12)11-8-5-3-2-4-6-8;/h2-7H,10H2,1H3,(H,11,12);1H/t7-;/m0./s1. The first-order valence-corrected chi connectivity index (χ1v) is 3.81. The van der Waals surface area contributed by atoms with Gasteiger partial charge in [-0.2, -0.15) is 0 Å². The zero-order valence-corrected chi connectivity index (χ0v) is 9.07. The lowest BCUT2D eigenvalue weighted by Gasteiger charge is -2.06. The Hall–Kier alpha value is -0.870. The molecule has 0 bridgehead atoms. The number of amides is 1. The quantitative estimate of drug-likeness (QED) is 0.830. The summed E-state index contributed by atoms with van der Waals surface area (Å²) in [4.78, 5) is 11.1. The molecule has 1 aromatic carbocycles. The molecule has 0 radical (unpaired) electrons. The summed E-state index contributed by atoms with van der Waals surface area (Å²) in [5.74, 6) is -0.166. The van der Waals surface area contributed by atoms with Crippen molar-refractivity contribution >= 4 is 28.6 Å². The van der Waals surface area contributed by atoms with Crippen LogP contribution in [-0.2, 0) is 4.79 Å². The van der Waals surface area contributed by atoms with E-state index in [1.807, 2.05) is 30.3 Å². The Morgan fingerprint density at radius 2 is 1.92 bits per heavy atom. The second-order valence-corrected chi connectivity index (χ2v) is 2.64. The minimum Gasteiger partial charge on any atom is -0.325 e. The topological polar surface area (TPSA) is 55.1 Å². The Balaban J connectivity index is 0.00000144. The van der Waals surface area contributed by atoms with Gasteiger partial charge in [-0.1, -0.05) is 18.2 Å². The van der Waals surface area contributed by atoms with Gasteiger partial charge in [-0.25, -0.2) is 0 Å². The number of rotatable bonds is 2. The molecule has 0 aromatic heterocycles. The van der Waals surface area contributed by atoms with Crippen molar-refractivity contribution in [3.8, 4) is 0 Å². The molecule has 0 saturated heterocycles. The Kier molecular flexibility index (Phi) is 5.34. The molecule has 0 saturated carbocycles. The van der Waals surface area contributed by atoms with Crippen LogP contribution in [0.4, 0.5) is 5.69 Å². The highest BCUT2D eigenvalue weighted by Gasteiger charge is 2.05. The van der Waals surface area contributed by atoms with Crippen molar-refractivity contribution in [2.45, 2.75) is 13.0 Å². The molecule has 0 aliphatic carbocycles. The average molecular weight is 245 g/mol. The lowest BCUT2D eigenvalue weighted by atomic mass is 10.3. The van der Waals surface area contributed by atoms with E-state index in [4.69, 9.17) is 5.73 Å². The molecule has 0 spiro atoms. The fourth-order valence-corrected chi connectivity index (χ4v) is 0.778. The SMILES string of the molecule is Br.C[C@H](N)C(=O)Nc1ccccc1. The van der Waals surface area contributed by atoms with Crippen molar-refractivity contribution in [2.75, 3.05) is 5.32 Å². The first-order chi connectivity index (χ1) is 5.70. The number of benzene rings is 1. The van der Waals surface area contributed by atoms with Gasteiger partial charge in [0, 0.05) is 5.69 Å². The van der Waals surface area contributed by atoms with E-state index < -0.39 is 6.04 Å². The number of carbonyl (C=O) groups excluding carboxylic acids is 1. The van der Waals surface area contributed by atoms with Gasteiger partial charge in [0.2, 0.25) is 5.91 Å². The molecular weight excluding hydrogens is 232 g/mol. The Labute approximate surface area is 88.1 Å². The van der Waals surface area contributed by atoms with E-state index in [1.165, 1.54) is 0 Å². The maximum atomic E-state index is 11.1. The average Bonchev–Trinajstić information content (AvgIpc) is 2.06. The van der Waals surface area contributed by atoms with Crippen LogP contribution in [0.25, 0.3) is 0 Å². The fraction of sp³-hybridized carbons (Fsp3) is 0.222. The molecule has 3 nitrogen and oxygen atoms in total. The molecule has 0 fully saturated rings. The molecular formula is C9H13BrN2O. The lowest BCUT2D eigenvalue weighted by Crippen LogP contribution is -2.32. The zero-order valence-electron chi connectivity index (χ0n) is 7.36. The number of para-hydroxylation sites is 1. The summed E-state index contributed by atoms with van der Waals surface area (Å²) >= 11 is 0. The van der Waals surface area contributed by atoms with Crippen LogP contribution in [0.15, 0.2) is 30.3 Å². The first kappa shape index (κ1) is 12.1. The molecule has 1 aromatic rings. The van der Waals surface area contributed by atoms with Gasteiger partial charge < -0.3 is 11.1 Å². The van der Waals surface area contributed by atoms with Crippen LogP contribution in [0.3, 0.4) is 0 Å². The largest absolute Gasteiger partial charge is 0.325 e. The van der Waals surface area contributed by atoms with Gasteiger partial charge in [-0.15, -0.1) is 17.0 Å². The monoisotopic (exact) mass is 244 g/mol. The molecule has 0 heterocycles. The Bertz CT molecular complexity index is 262. The van der Waals surface area contributed by atoms with Gasteiger partial charge >= 0.3 is 0 Å². The van der Waals surface area contributed by atoms with Crippen LogP contribution >= 0.6 is 17.0 Å². The number of nitrogens with one attached hydrogen (secondary N) is 1. The molecule has 72 valence electrons. The van der Waals surface area contributed by atoms with Crippen LogP contribution in [0, 0.1) is 0 Å². The van der Waals surface area contributed by atoms with Crippen molar-refractivity contribution in [2.24, 2.45) is 5.73 Å². The summed E-state index contributed by atoms with van der Waals surface area (Å²) in [6, 6.07) is 8.78. The van der Waals surface area contributed by atoms with E-state index in [9.17, 15) is 4.79 Å². The van der Waals surface area contributed by atoms with E-state index in [0.29, 0.717) is 0 Å². The molecule has 13 heavy (non-hydrogen) atoms. The van der Waals surface area contributed by atoms with Gasteiger partial charge in [-0.05, 0) is 19.1 Å². The Morgan fingerprint density at radius 1 is 1.38 bits per heavy atom. The van der Waals surface area contributed by atoms with E-state index >= 15 is 0 Å². The van der Waals surface area contributed by atoms with E-state index in [-0.39, 0.29) is 22.9 Å². The number of hydrogen-bond acceptors (Lipinski definition) is 2. The van der Waals surface area contributed by atoms with Gasteiger partial charge in [0.1, 0.15) is 0 Å². The summed E-state index contributed by atoms with van der Waals surface area (Å²) in [5.41, 5.74) is 6.15. The second-order valence-electron chi connectivity index (χ2n) is 2.64. The number of carbonyl (C=O) groups is 1. The lowest BCUT2D eigenvalue weighted by molar-refractivity contribution is -0.117. The van der Waals surface area contributed by atoms with E-state index in [2.05, 4.69) is 5.32 Å². The minimum absolute atomic E-state index is 0. The molecule has 0 aliphatic heterocycles. The molecule has 4 heteroatoms. The number of hydrogen-bond donors (Lipinski definition) is 2. The van der Waals surface area contributed by atoms with Crippen LogP contribution in [0.5, 0.6) is 0 Å². The first-order valence-electron chi connectivity index (χ1n) is 3.81. The highest BCUT2D eigenvalue weighted by molar-refractivity contribution is 8.93. The second kappa shape index (κ2) is 5.72. The van der Waals surface area contributed by atoms with Crippen LogP contribution in [-0.4, -0.2) is 11.9 Å². The molecule has 1 amide bonds. The maximum absolute atomic E-state index is 11.1. The summed E-state index contributed by atoms with van der Waals surface area (Å²) in [5, 5.41) is 2.68. The molecule has 0 unspecified atom stereocenters. The number of nitrogens with two attached hydrogens (primary N) is 1. The van der Waals surface area contributed by atoms with E-state index in [0.717, 1.165) is 5.69 Å². The van der Waals surface area contributed by atoms with Gasteiger partial charge in [0.15, 0.2) is 0 Å². The summed E-state index contributed by atoms with van der Waals surface area (Å²) < 4.78 is 0. The van der Waals surface area contributed by atoms with Crippen molar-refractivity contribution in [3.05, 3.63) is 30.3 Å². The van der Waals surface area contributed by atoms with E-state index in [1.54, 1.807) is 6.92 Å². The zero-order chi connectivity index (χ0) is 8.97. The third kappa shape index (κ3) is 4.05. The molecule has 1 rings (SSSR count). The summed E-state index contributed by atoms with van der Waals surface area (Å²) in [6.07, 6.45) is 0. The molecule has 1 atom stereocenters. The third-order valence-corrected chi connectivity index (χ3v) is 1.45. The van der Waals surface area contributed by atoms with Crippen LogP contribution in [0.2, 0.25) is 0 Å². The normalized spacial score (nSPS) is 11.2. The number of anilines is 1. The maximum Gasteiger partial charge on any atom is 0.240 e. The highest BCUT2D eigenvalue weighted by atomic mass is 79.9. The predicted molar refractivity (Wildman–Crippen MR) is 59.0 cm³/mol. The summed E-state index contributed by atoms with van der Waals surface area (Å²) in [6.45, 7) is 1.65. The minimum atomic E-state index is -0.467. The van der Waals surface area contributed by atoms with Crippen LogP contribution < -0.4 is 11.1 Å². The van der Waals surface area contributed by atoms with Gasteiger partial charge in [0.25, 0.3) is 0 Å². The third-order valence-electron chi connectivity index (χ3n) is 1.45. The molecule has 0 aliphatic rings. The summed E-state index contributed by atoms with van der Waals surface area (Å²) in [7, 11) is 0. The van der Waals surface area contributed by atoms with Gasteiger partial charge in [0.05, 0.1) is 6.04 Å². The highest BCUT2D eigenvalue weighted by Crippen LogP contribution is 2.04. The van der Waals surface area contributed by atoms with Crippen molar-refractivity contribution in [3.63, 3.8) is 0 Å². The predicted octanol–water partition coefficient (Wildman–Crippen LogP) is 1.55. The smallest absolute Gasteiger partial charge is 0.240 e. The van der Waals surface area contributed by atoms with Crippen molar-refractivity contribution < 1.29 is 4.79 Å². The Morgan fingerprint density at radius 3 is 2.38 bits per heavy atom. The van der Waals surface area contributed by atoms with Crippen molar-refractivity contribution in [1.29, 1.82) is 0 Å².